The molecular weight excluding hydrogens is 340 g/mol. The lowest BCUT2D eigenvalue weighted by molar-refractivity contribution is -0.384. The first kappa shape index (κ1) is 16.4. The van der Waals surface area contributed by atoms with Gasteiger partial charge in [-0.2, -0.15) is 5.26 Å². The van der Waals surface area contributed by atoms with Gasteiger partial charge < -0.3 is 5.73 Å². The van der Waals surface area contributed by atoms with Crippen LogP contribution in [0.3, 0.4) is 0 Å². The van der Waals surface area contributed by atoms with Crippen LogP contribution < -0.4 is 5.73 Å². The van der Waals surface area contributed by atoms with Crippen LogP contribution in [0, 0.1) is 21.4 Å². The molecular formula is C18H11ClN4O2. The Labute approximate surface area is 148 Å². The van der Waals surface area contributed by atoms with Crippen molar-refractivity contribution < 1.29 is 4.92 Å². The third kappa shape index (κ3) is 3.13. The van der Waals surface area contributed by atoms with Crippen LogP contribution in [0.4, 0.5) is 11.5 Å². The first-order valence-electron chi connectivity index (χ1n) is 7.21. The molecule has 1 aromatic heterocycles. The Bertz CT molecular complexity index is 1010. The van der Waals surface area contributed by atoms with E-state index in [1.54, 1.807) is 12.1 Å². The molecule has 0 spiro atoms. The molecule has 0 fully saturated rings. The smallest absolute Gasteiger partial charge is 0.288 e. The Morgan fingerprint density at radius 2 is 1.84 bits per heavy atom. The number of hydrogen-bond donors (Lipinski definition) is 1. The summed E-state index contributed by atoms with van der Waals surface area (Å²) in [5.74, 6) is 0.0662. The number of hydrogen-bond acceptors (Lipinski definition) is 5. The Morgan fingerprint density at radius 1 is 1.12 bits per heavy atom. The van der Waals surface area contributed by atoms with E-state index in [2.05, 4.69) is 4.98 Å². The maximum absolute atomic E-state index is 11.1. The molecule has 0 aliphatic carbocycles. The highest BCUT2D eigenvalue weighted by molar-refractivity contribution is 6.32. The van der Waals surface area contributed by atoms with Gasteiger partial charge in [-0.15, -0.1) is 0 Å². The quantitative estimate of drug-likeness (QED) is 0.555. The van der Waals surface area contributed by atoms with Crippen molar-refractivity contribution >= 4 is 23.1 Å². The fourth-order valence-electron chi connectivity index (χ4n) is 2.49. The monoisotopic (exact) mass is 350 g/mol. The topological polar surface area (TPSA) is 106 Å². The normalized spacial score (nSPS) is 10.2. The molecule has 3 rings (SSSR count). The van der Waals surface area contributed by atoms with Crippen LogP contribution in [0.1, 0.15) is 5.56 Å². The van der Waals surface area contributed by atoms with Gasteiger partial charge in [0.1, 0.15) is 22.5 Å². The highest BCUT2D eigenvalue weighted by atomic mass is 35.5. The summed E-state index contributed by atoms with van der Waals surface area (Å²) in [5.41, 5.74) is 8.20. The molecule has 0 aliphatic rings. The summed E-state index contributed by atoms with van der Waals surface area (Å²) in [6, 6.07) is 17.4. The molecule has 0 bridgehead atoms. The van der Waals surface area contributed by atoms with Crippen molar-refractivity contribution in [2.24, 2.45) is 0 Å². The number of nitrogens with zero attached hydrogens (tertiary/aromatic N) is 3. The van der Waals surface area contributed by atoms with E-state index < -0.39 is 4.92 Å². The summed E-state index contributed by atoms with van der Waals surface area (Å²) in [6.45, 7) is 0. The summed E-state index contributed by atoms with van der Waals surface area (Å²) in [4.78, 5) is 14.8. The Balaban J connectivity index is 2.25. The molecule has 6 nitrogen and oxygen atoms in total. The molecule has 0 atom stereocenters. The van der Waals surface area contributed by atoms with Crippen molar-refractivity contribution in [3.8, 4) is 28.5 Å². The highest BCUT2D eigenvalue weighted by Crippen LogP contribution is 2.35. The number of nitriles is 1. The molecule has 0 aliphatic heterocycles. The molecule has 25 heavy (non-hydrogen) atoms. The van der Waals surface area contributed by atoms with E-state index in [-0.39, 0.29) is 22.1 Å². The van der Waals surface area contributed by atoms with Gasteiger partial charge in [-0.3, -0.25) is 10.1 Å². The minimum absolute atomic E-state index is 0.0255. The lowest BCUT2D eigenvalue weighted by Crippen LogP contribution is -2.00. The van der Waals surface area contributed by atoms with Gasteiger partial charge in [0.2, 0.25) is 0 Å². The van der Waals surface area contributed by atoms with Crippen LogP contribution in [0.5, 0.6) is 0 Å². The summed E-state index contributed by atoms with van der Waals surface area (Å²) in [6.07, 6.45) is 0. The van der Waals surface area contributed by atoms with Crippen LogP contribution in [0.15, 0.2) is 54.6 Å². The molecule has 0 unspecified atom stereocenters. The van der Waals surface area contributed by atoms with Crippen LogP contribution in [0.25, 0.3) is 22.4 Å². The second-order valence-electron chi connectivity index (χ2n) is 5.22. The predicted octanol–water partition coefficient (Wildman–Crippen LogP) is 4.43. The number of nitrogen functional groups attached to an aromatic ring is 1. The SMILES string of the molecule is N#Cc1c(-c2ccc(Cl)c([N+](=O)[O-])c2)cc(-c2ccccc2)nc1N. The molecule has 0 saturated heterocycles. The zero-order valence-electron chi connectivity index (χ0n) is 12.8. The lowest BCUT2D eigenvalue weighted by Gasteiger charge is -2.10. The Morgan fingerprint density at radius 3 is 2.48 bits per heavy atom. The van der Waals surface area contributed by atoms with Crippen molar-refractivity contribution in [1.29, 1.82) is 5.26 Å². The molecule has 0 radical (unpaired) electrons. The maximum Gasteiger partial charge on any atom is 0.288 e. The third-order valence-electron chi connectivity index (χ3n) is 3.68. The molecule has 2 N–H and O–H groups in total. The maximum atomic E-state index is 11.1. The van der Waals surface area contributed by atoms with E-state index in [0.29, 0.717) is 16.8 Å². The molecule has 122 valence electrons. The Kier molecular flexibility index (Phi) is 4.33. The van der Waals surface area contributed by atoms with Crippen LogP contribution in [0.2, 0.25) is 5.02 Å². The van der Waals surface area contributed by atoms with Crippen molar-refractivity contribution in [2.45, 2.75) is 0 Å². The minimum Gasteiger partial charge on any atom is -0.383 e. The van der Waals surface area contributed by atoms with Crippen LogP contribution >= 0.6 is 11.6 Å². The third-order valence-corrected chi connectivity index (χ3v) is 4.00. The van der Waals surface area contributed by atoms with Gasteiger partial charge in [0.25, 0.3) is 5.69 Å². The number of pyridine rings is 1. The zero-order valence-corrected chi connectivity index (χ0v) is 13.6. The number of benzene rings is 2. The number of nitro groups is 1. The summed E-state index contributed by atoms with van der Waals surface area (Å²) >= 11 is 5.87. The van der Waals surface area contributed by atoms with Crippen LogP contribution in [-0.2, 0) is 0 Å². The van der Waals surface area contributed by atoms with Crippen molar-refractivity contribution in [3.63, 3.8) is 0 Å². The largest absolute Gasteiger partial charge is 0.383 e. The van der Waals surface area contributed by atoms with Crippen molar-refractivity contribution in [2.75, 3.05) is 5.73 Å². The average Bonchev–Trinajstić information content (AvgIpc) is 2.62. The van der Waals surface area contributed by atoms with E-state index in [9.17, 15) is 15.4 Å². The standard InChI is InChI=1S/C18H11ClN4O2/c19-15-7-6-12(8-17(15)23(24)25)13-9-16(11-4-2-1-3-5-11)22-18(21)14(13)10-20/h1-9H,(H2,21,22). The number of rotatable bonds is 3. The molecule has 2 aromatic carbocycles. The van der Waals surface area contributed by atoms with Gasteiger partial charge in [0.15, 0.2) is 0 Å². The van der Waals surface area contributed by atoms with E-state index in [0.717, 1.165) is 5.56 Å². The second-order valence-corrected chi connectivity index (χ2v) is 5.62. The van der Waals surface area contributed by atoms with E-state index in [4.69, 9.17) is 17.3 Å². The highest BCUT2D eigenvalue weighted by Gasteiger charge is 2.18. The van der Waals surface area contributed by atoms with E-state index in [1.807, 2.05) is 36.4 Å². The number of aromatic nitrogens is 1. The molecule has 1 heterocycles. The van der Waals surface area contributed by atoms with Gasteiger partial charge >= 0.3 is 0 Å². The van der Waals surface area contributed by atoms with Crippen molar-refractivity contribution in [3.05, 3.63) is 75.3 Å². The molecule has 3 aromatic rings. The zero-order chi connectivity index (χ0) is 18.0. The molecule has 0 amide bonds. The number of halogens is 1. The summed E-state index contributed by atoms with van der Waals surface area (Å²) in [5, 5.41) is 20.6. The van der Waals surface area contributed by atoms with Gasteiger partial charge in [-0.1, -0.05) is 48.0 Å². The second kappa shape index (κ2) is 6.59. The van der Waals surface area contributed by atoms with Gasteiger partial charge in [-0.05, 0) is 17.7 Å². The predicted molar refractivity (Wildman–Crippen MR) is 95.9 cm³/mol. The van der Waals surface area contributed by atoms with Crippen LogP contribution in [-0.4, -0.2) is 9.91 Å². The number of anilines is 1. The van der Waals surface area contributed by atoms with Gasteiger partial charge in [0, 0.05) is 17.2 Å². The summed E-state index contributed by atoms with van der Waals surface area (Å²) < 4.78 is 0. The number of nitro benzene ring substituents is 1. The Hall–Kier alpha value is -3.43. The lowest BCUT2D eigenvalue weighted by atomic mass is 9.98. The minimum atomic E-state index is -0.569. The van der Waals surface area contributed by atoms with E-state index >= 15 is 0 Å². The average molecular weight is 351 g/mol. The first-order valence-corrected chi connectivity index (χ1v) is 7.59. The van der Waals surface area contributed by atoms with Gasteiger partial charge in [-0.25, -0.2) is 4.98 Å². The fourth-order valence-corrected chi connectivity index (χ4v) is 2.67. The van der Waals surface area contributed by atoms with Gasteiger partial charge in [0.05, 0.1) is 10.6 Å². The molecule has 0 saturated carbocycles. The number of nitrogens with two attached hydrogens (primary N) is 1. The van der Waals surface area contributed by atoms with Crippen molar-refractivity contribution in [1.82, 2.24) is 4.98 Å². The first-order chi connectivity index (χ1) is 12.0. The fraction of sp³-hybridized carbons (Fsp3) is 0. The summed E-state index contributed by atoms with van der Waals surface area (Å²) in [7, 11) is 0. The van der Waals surface area contributed by atoms with E-state index in [1.165, 1.54) is 12.1 Å². The molecule has 7 heteroatoms.